The number of piperidine rings is 1. The number of aliphatic carboxylic acids is 1. The van der Waals surface area contributed by atoms with Crippen LogP contribution in [0.15, 0.2) is 29.0 Å². The first-order chi connectivity index (χ1) is 15.7. The fourth-order valence-electron chi connectivity index (χ4n) is 3.54. The third-order valence-electron chi connectivity index (χ3n) is 5.18. The summed E-state index contributed by atoms with van der Waals surface area (Å²) in [6.45, 7) is 6.59. The van der Waals surface area contributed by atoms with Gasteiger partial charge in [-0.05, 0) is 45.7 Å². The lowest BCUT2D eigenvalue weighted by molar-refractivity contribution is -0.187. The number of carbonyl (C=O) groups excluding carboxylic acids is 1. The van der Waals surface area contributed by atoms with E-state index in [4.69, 9.17) is 19.4 Å². The number of nitrogens with zero attached hydrogens (tertiary/aromatic N) is 4. The van der Waals surface area contributed by atoms with Crippen LogP contribution in [0.3, 0.4) is 0 Å². The molecule has 0 bridgehead atoms. The molecule has 3 heterocycles. The molecule has 0 aliphatic carbocycles. The maximum atomic E-state index is 12.1. The average Bonchev–Trinajstić information content (AvgIpc) is 2.75. The van der Waals surface area contributed by atoms with Crippen molar-refractivity contribution in [1.29, 1.82) is 0 Å². The number of likely N-dealkylation sites (tertiary alicyclic amines) is 1. The van der Waals surface area contributed by atoms with Gasteiger partial charge in [-0.3, -0.25) is 14.6 Å². The second-order valence-electron chi connectivity index (χ2n) is 8.12. The second-order valence-corrected chi connectivity index (χ2v) is 8.12. The van der Waals surface area contributed by atoms with E-state index in [9.17, 15) is 9.59 Å². The Morgan fingerprint density at radius 3 is 2.61 bits per heavy atom. The summed E-state index contributed by atoms with van der Waals surface area (Å²) in [4.78, 5) is 38.7. The number of hydrogen-bond donors (Lipinski definition) is 2. The van der Waals surface area contributed by atoms with Crippen LogP contribution in [-0.2, 0) is 25.5 Å². The number of aryl methyl sites for hydroxylation is 1. The smallest absolute Gasteiger partial charge is 0.410 e. The molecule has 1 saturated heterocycles. The Balaban J connectivity index is 1.61. The van der Waals surface area contributed by atoms with Gasteiger partial charge in [0, 0.05) is 19.2 Å². The fourth-order valence-corrected chi connectivity index (χ4v) is 3.54. The van der Waals surface area contributed by atoms with Crippen LogP contribution in [0.4, 0.5) is 10.5 Å². The molecule has 33 heavy (non-hydrogen) atoms. The van der Waals surface area contributed by atoms with Crippen molar-refractivity contribution in [3.8, 4) is 0 Å². The molecule has 0 spiro atoms. The first-order valence-electron chi connectivity index (χ1n) is 10.9. The zero-order valence-corrected chi connectivity index (χ0v) is 19.4. The van der Waals surface area contributed by atoms with Crippen molar-refractivity contribution in [2.75, 3.05) is 25.5 Å². The molecule has 1 fully saturated rings. The summed E-state index contributed by atoms with van der Waals surface area (Å²) in [6.07, 6.45) is 3.56. The van der Waals surface area contributed by atoms with E-state index in [0.29, 0.717) is 48.8 Å². The summed E-state index contributed by atoms with van der Waals surface area (Å²) in [6, 6.07) is 3.45. The van der Waals surface area contributed by atoms with Crippen LogP contribution < -0.4 is 5.32 Å². The number of pyridine rings is 1. The first kappa shape index (κ1) is 24.5. The van der Waals surface area contributed by atoms with Gasteiger partial charge in [0.05, 0.1) is 42.8 Å². The van der Waals surface area contributed by atoms with Crippen LogP contribution in [0.5, 0.6) is 0 Å². The molecule has 1 unspecified atom stereocenters. The van der Waals surface area contributed by atoms with Gasteiger partial charge in [-0.25, -0.2) is 14.9 Å². The Hall–Kier alpha value is -3.18. The lowest BCUT2D eigenvalue weighted by Gasteiger charge is -2.36. The number of carbonyl (C=O) groups is 2. The fraction of sp³-hybridized carbons (Fsp3) is 0.545. The van der Waals surface area contributed by atoms with Crippen molar-refractivity contribution in [1.82, 2.24) is 14.9 Å². The number of hydroxylamine groups is 2. The summed E-state index contributed by atoms with van der Waals surface area (Å²) < 4.78 is 11.5. The largest absolute Gasteiger partial charge is 0.481 e. The Labute approximate surface area is 193 Å². The normalized spacial score (nSPS) is 18.9. The van der Waals surface area contributed by atoms with E-state index in [-0.39, 0.29) is 24.7 Å². The van der Waals surface area contributed by atoms with Gasteiger partial charge in [0.2, 0.25) is 0 Å². The minimum absolute atomic E-state index is 0.0570. The third-order valence-corrected chi connectivity index (χ3v) is 5.18. The number of carboxylic acids is 1. The number of hydrogen-bond acceptors (Lipinski definition) is 9. The number of rotatable bonds is 8. The minimum Gasteiger partial charge on any atom is -0.481 e. The molecule has 180 valence electrons. The van der Waals surface area contributed by atoms with Crippen LogP contribution in [0.1, 0.15) is 38.1 Å². The van der Waals surface area contributed by atoms with Crippen molar-refractivity contribution in [2.24, 2.45) is 4.99 Å². The standard InChI is InChI=1S/C22H31N5O6/c1-14(2)32-22(30)26-9-7-17(8-10-26)33-20-12-19(23-13-27(20)31-4)25-18-6-5-16(11-21(28)29)24-15(18)3/h5-6,12-14,17,20,25H,7-11H2,1-4H3,(H,28,29). The van der Waals surface area contributed by atoms with Crippen molar-refractivity contribution in [3.63, 3.8) is 0 Å². The predicted molar refractivity (Wildman–Crippen MR) is 120 cm³/mol. The van der Waals surface area contributed by atoms with Gasteiger partial charge in [-0.15, -0.1) is 0 Å². The maximum absolute atomic E-state index is 12.1. The predicted octanol–water partition coefficient (Wildman–Crippen LogP) is 2.53. The Morgan fingerprint density at radius 2 is 2.00 bits per heavy atom. The van der Waals surface area contributed by atoms with Gasteiger partial charge in [-0.2, -0.15) is 0 Å². The van der Waals surface area contributed by atoms with Crippen LogP contribution in [-0.4, -0.2) is 77.1 Å². The molecule has 0 radical (unpaired) electrons. The quantitative estimate of drug-likeness (QED) is 0.600. The van der Waals surface area contributed by atoms with Crippen LogP contribution >= 0.6 is 0 Å². The highest BCUT2D eigenvalue weighted by Crippen LogP contribution is 2.23. The van der Waals surface area contributed by atoms with E-state index in [2.05, 4.69) is 15.3 Å². The van der Waals surface area contributed by atoms with E-state index in [0.717, 1.165) is 0 Å². The van der Waals surface area contributed by atoms with Gasteiger partial charge < -0.3 is 24.8 Å². The molecule has 11 heteroatoms. The van der Waals surface area contributed by atoms with Gasteiger partial charge in [-0.1, -0.05) is 0 Å². The monoisotopic (exact) mass is 461 g/mol. The lowest BCUT2D eigenvalue weighted by Crippen LogP contribution is -2.45. The number of carboxylic acid groups (broad SMARTS) is 1. The van der Waals surface area contributed by atoms with E-state index in [1.54, 1.807) is 30.0 Å². The number of aliphatic imine (C=N–C) groups is 1. The summed E-state index contributed by atoms with van der Waals surface area (Å²) >= 11 is 0. The Kier molecular flexibility index (Phi) is 8.23. The maximum Gasteiger partial charge on any atom is 0.410 e. The van der Waals surface area contributed by atoms with Gasteiger partial charge in [0.25, 0.3) is 0 Å². The molecule has 1 aromatic rings. The van der Waals surface area contributed by atoms with Crippen molar-refractivity contribution in [3.05, 3.63) is 35.4 Å². The highest BCUT2D eigenvalue weighted by atomic mass is 16.7. The summed E-state index contributed by atoms with van der Waals surface area (Å²) in [5.74, 6) is -0.369. The number of nitrogens with one attached hydrogen (secondary N) is 1. The molecule has 2 aliphatic rings. The lowest BCUT2D eigenvalue weighted by atomic mass is 10.1. The van der Waals surface area contributed by atoms with Gasteiger partial charge in [0.1, 0.15) is 12.2 Å². The third kappa shape index (κ3) is 6.90. The Bertz CT molecular complexity index is 911. The van der Waals surface area contributed by atoms with Crippen molar-refractivity contribution < 1.29 is 29.0 Å². The molecule has 2 aliphatic heterocycles. The number of amides is 1. The topological polar surface area (TPSA) is 126 Å². The van der Waals surface area contributed by atoms with Gasteiger partial charge in [0.15, 0.2) is 6.23 Å². The van der Waals surface area contributed by atoms with Crippen LogP contribution in [0, 0.1) is 6.92 Å². The molecule has 1 amide bonds. The SMILES string of the molecule is CON1C=NC(Nc2ccc(CC(=O)O)nc2C)=CC1OC1CCN(C(=O)OC(C)C)CC1. The molecular formula is C22H31N5O6. The minimum atomic E-state index is -0.926. The van der Waals surface area contributed by atoms with Crippen molar-refractivity contribution >= 4 is 24.1 Å². The number of aromatic nitrogens is 1. The summed E-state index contributed by atoms with van der Waals surface area (Å²) in [5, 5.41) is 13.6. The van der Waals surface area contributed by atoms with E-state index in [1.807, 2.05) is 13.8 Å². The molecular weight excluding hydrogens is 430 g/mol. The van der Waals surface area contributed by atoms with Crippen LogP contribution in [0.2, 0.25) is 0 Å². The molecule has 2 N–H and O–H groups in total. The van der Waals surface area contributed by atoms with Crippen LogP contribution in [0.25, 0.3) is 0 Å². The Morgan fingerprint density at radius 1 is 1.27 bits per heavy atom. The average molecular weight is 462 g/mol. The van der Waals surface area contributed by atoms with E-state index >= 15 is 0 Å². The molecule has 3 rings (SSSR count). The summed E-state index contributed by atoms with van der Waals surface area (Å²) in [5.41, 5.74) is 1.87. The second kappa shape index (κ2) is 11.1. The zero-order chi connectivity index (χ0) is 24.0. The van der Waals surface area contributed by atoms with E-state index < -0.39 is 12.2 Å². The van der Waals surface area contributed by atoms with E-state index in [1.165, 1.54) is 18.5 Å². The highest BCUT2D eigenvalue weighted by molar-refractivity contribution is 5.70. The number of anilines is 1. The molecule has 0 aromatic carbocycles. The molecule has 0 saturated carbocycles. The molecule has 1 atom stereocenters. The highest BCUT2D eigenvalue weighted by Gasteiger charge is 2.29. The van der Waals surface area contributed by atoms with Gasteiger partial charge >= 0.3 is 12.1 Å². The van der Waals surface area contributed by atoms with Crippen molar-refractivity contribution in [2.45, 2.75) is 58.5 Å². The molecule has 11 nitrogen and oxygen atoms in total. The first-order valence-corrected chi connectivity index (χ1v) is 10.9. The number of ether oxygens (including phenoxy) is 2. The molecule has 1 aromatic heterocycles. The zero-order valence-electron chi connectivity index (χ0n) is 19.4. The summed E-state index contributed by atoms with van der Waals surface area (Å²) in [7, 11) is 1.54.